The Kier molecular flexibility index (Phi) is 7.15. The van der Waals surface area contributed by atoms with E-state index in [-0.39, 0.29) is 0 Å². The van der Waals surface area contributed by atoms with Gasteiger partial charge in [0, 0.05) is 26.9 Å². The third-order valence-electron chi connectivity index (χ3n) is 1.54. The van der Waals surface area contributed by atoms with Gasteiger partial charge in [-0.25, -0.2) is 0 Å². The fourth-order valence-electron chi connectivity index (χ4n) is 0.709. The highest BCUT2D eigenvalue weighted by Crippen LogP contribution is 1.93. The number of hydrogen-bond acceptors (Lipinski definition) is 3. The van der Waals surface area contributed by atoms with Crippen LogP contribution >= 0.6 is 0 Å². The van der Waals surface area contributed by atoms with Crippen LogP contribution in [0.2, 0.25) is 0 Å². The molecule has 0 aromatic rings. The molecular formula is C10H18N2O. The Hall–Kier alpha value is -0.930. The molecule has 0 heterocycles. The molecule has 74 valence electrons. The fraction of sp³-hybridized carbons (Fsp3) is 0.500. The highest BCUT2D eigenvalue weighted by molar-refractivity contribution is 5.72. The summed E-state index contributed by atoms with van der Waals surface area (Å²) in [5.41, 5.74) is 1.18. The van der Waals surface area contributed by atoms with Crippen LogP contribution in [0.25, 0.3) is 0 Å². The summed E-state index contributed by atoms with van der Waals surface area (Å²) in [4.78, 5) is 8.81. The van der Waals surface area contributed by atoms with Crippen LogP contribution in [0.5, 0.6) is 0 Å². The number of hydroxylamine groups is 2. The summed E-state index contributed by atoms with van der Waals surface area (Å²) in [6.07, 6.45) is 7.82. The quantitative estimate of drug-likeness (QED) is 0.367. The molecule has 0 saturated heterocycles. The monoisotopic (exact) mass is 182 g/mol. The molecule has 3 nitrogen and oxygen atoms in total. The molecule has 0 rings (SSSR count). The van der Waals surface area contributed by atoms with Gasteiger partial charge < -0.3 is 4.84 Å². The molecular weight excluding hydrogens is 164 g/mol. The van der Waals surface area contributed by atoms with E-state index in [2.05, 4.69) is 4.99 Å². The molecule has 0 unspecified atom stereocenters. The standard InChI is InChI=1S/C10H18N2O/c1-10(7-8-11-2)6-5-9-12(3)13-4/h5-8H,9H2,1-4H3/b6-5+,10-7-,11-8?. The predicted octanol–water partition coefficient (Wildman–Crippen LogP) is 1.68. The van der Waals surface area contributed by atoms with Gasteiger partial charge in [-0.3, -0.25) is 4.99 Å². The molecule has 0 N–H and O–H groups in total. The van der Waals surface area contributed by atoms with E-state index in [0.29, 0.717) is 0 Å². The van der Waals surface area contributed by atoms with Crippen molar-refractivity contribution in [3.05, 3.63) is 23.8 Å². The Morgan fingerprint density at radius 2 is 2.23 bits per heavy atom. The zero-order valence-corrected chi connectivity index (χ0v) is 8.82. The van der Waals surface area contributed by atoms with E-state index in [1.165, 1.54) is 5.57 Å². The number of nitrogens with zero attached hydrogens (tertiary/aromatic N) is 2. The maximum atomic E-state index is 4.95. The first-order valence-corrected chi connectivity index (χ1v) is 4.21. The van der Waals surface area contributed by atoms with Gasteiger partial charge in [0.15, 0.2) is 0 Å². The lowest BCUT2D eigenvalue weighted by molar-refractivity contribution is -0.0992. The third kappa shape index (κ3) is 7.43. The molecule has 0 aliphatic carbocycles. The Balaban J connectivity index is 3.83. The van der Waals surface area contributed by atoms with Crippen LogP contribution in [-0.4, -0.2) is 39.0 Å². The van der Waals surface area contributed by atoms with Crippen LogP contribution in [0.4, 0.5) is 0 Å². The molecule has 0 aliphatic rings. The minimum absolute atomic E-state index is 0.783. The van der Waals surface area contributed by atoms with Crippen molar-refractivity contribution in [2.75, 3.05) is 27.7 Å². The lowest BCUT2D eigenvalue weighted by Crippen LogP contribution is -2.15. The molecule has 3 heteroatoms. The molecule has 0 aliphatic heterocycles. The van der Waals surface area contributed by atoms with E-state index in [9.17, 15) is 0 Å². The Morgan fingerprint density at radius 3 is 2.77 bits per heavy atom. The second-order valence-corrected chi connectivity index (χ2v) is 2.71. The number of aliphatic imine (C=N–C) groups is 1. The van der Waals surface area contributed by atoms with Gasteiger partial charge in [0.1, 0.15) is 0 Å². The van der Waals surface area contributed by atoms with Crippen LogP contribution < -0.4 is 0 Å². The van der Waals surface area contributed by atoms with E-state index in [1.54, 1.807) is 25.4 Å². The molecule has 0 atom stereocenters. The first kappa shape index (κ1) is 12.1. The summed E-state index contributed by atoms with van der Waals surface area (Å²) in [6.45, 7) is 2.82. The van der Waals surface area contributed by atoms with Crippen molar-refractivity contribution < 1.29 is 4.84 Å². The zero-order valence-electron chi connectivity index (χ0n) is 8.82. The van der Waals surface area contributed by atoms with Gasteiger partial charge in [0.25, 0.3) is 0 Å². The van der Waals surface area contributed by atoms with Crippen LogP contribution in [-0.2, 0) is 4.84 Å². The lowest BCUT2D eigenvalue weighted by Gasteiger charge is -2.09. The molecule has 0 saturated carbocycles. The number of allylic oxidation sites excluding steroid dienone is 3. The first-order chi connectivity index (χ1) is 6.20. The number of likely N-dealkylation sites (N-methyl/N-ethyl adjacent to an activating group) is 1. The summed E-state index contributed by atoms with van der Waals surface area (Å²) in [5, 5.41) is 1.75. The molecule has 0 aromatic carbocycles. The molecule has 0 bridgehead atoms. The maximum Gasteiger partial charge on any atom is 0.0575 e. The fourth-order valence-corrected chi connectivity index (χ4v) is 0.709. The van der Waals surface area contributed by atoms with Crippen molar-refractivity contribution in [3.8, 4) is 0 Å². The van der Waals surface area contributed by atoms with Crippen LogP contribution in [0.15, 0.2) is 28.8 Å². The largest absolute Gasteiger partial charge is 0.302 e. The summed E-state index contributed by atoms with van der Waals surface area (Å²) < 4.78 is 0. The van der Waals surface area contributed by atoms with E-state index < -0.39 is 0 Å². The van der Waals surface area contributed by atoms with Crippen molar-refractivity contribution >= 4 is 6.21 Å². The Labute approximate surface area is 80.4 Å². The normalized spacial score (nSPS) is 13.8. The second-order valence-electron chi connectivity index (χ2n) is 2.71. The average Bonchev–Trinajstić information content (AvgIpc) is 2.14. The molecule has 0 radical (unpaired) electrons. The Bertz CT molecular complexity index is 207. The van der Waals surface area contributed by atoms with Crippen molar-refractivity contribution in [1.29, 1.82) is 0 Å². The highest BCUT2D eigenvalue weighted by atomic mass is 16.7. The van der Waals surface area contributed by atoms with Crippen LogP contribution in [0, 0.1) is 0 Å². The van der Waals surface area contributed by atoms with Crippen molar-refractivity contribution in [3.63, 3.8) is 0 Å². The average molecular weight is 182 g/mol. The summed E-state index contributed by atoms with van der Waals surface area (Å²) >= 11 is 0. The van der Waals surface area contributed by atoms with E-state index in [0.717, 1.165) is 6.54 Å². The van der Waals surface area contributed by atoms with Gasteiger partial charge >= 0.3 is 0 Å². The van der Waals surface area contributed by atoms with E-state index in [4.69, 9.17) is 4.84 Å². The van der Waals surface area contributed by atoms with Crippen molar-refractivity contribution in [2.24, 2.45) is 4.99 Å². The molecule has 0 spiro atoms. The minimum Gasteiger partial charge on any atom is -0.302 e. The lowest BCUT2D eigenvalue weighted by atomic mass is 10.2. The Morgan fingerprint density at radius 1 is 1.54 bits per heavy atom. The van der Waals surface area contributed by atoms with Crippen molar-refractivity contribution in [1.82, 2.24) is 5.06 Å². The van der Waals surface area contributed by atoms with Gasteiger partial charge in [0.05, 0.1) is 7.11 Å². The third-order valence-corrected chi connectivity index (χ3v) is 1.54. The first-order valence-electron chi connectivity index (χ1n) is 4.21. The van der Waals surface area contributed by atoms with Gasteiger partial charge in [-0.1, -0.05) is 12.2 Å². The predicted molar refractivity (Wildman–Crippen MR) is 57.0 cm³/mol. The smallest absolute Gasteiger partial charge is 0.0575 e. The van der Waals surface area contributed by atoms with Crippen LogP contribution in [0.1, 0.15) is 6.92 Å². The van der Waals surface area contributed by atoms with E-state index in [1.807, 2.05) is 32.2 Å². The van der Waals surface area contributed by atoms with Crippen molar-refractivity contribution in [2.45, 2.75) is 6.92 Å². The van der Waals surface area contributed by atoms with Crippen LogP contribution in [0.3, 0.4) is 0 Å². The SMILES string of the molecule is CN=C/C=C(C)\C=C\CN(C)OC. The maximum absolute atomic E-state index is 4.95. The summed E-state index contributed by atoms with van der Waals surface area (Å²) in [5.74, 6) is 0. The van der Waals surface area contributed by atoms with E-state index >= 15 is 0 Å². The second kappa shape index (κ2) is 7.71. The minimum atomic E-state index is 0.783. The topological polar surface area (TPSA) is 24.8 Å². The number of hydrogen-bond donors (Lipinski definition) is 0. The molecule has 13 heavy (non-hydrogen) atoms. The van der Waals surface area contributed by atoms with Gasteiger partial charge in [-0.05, 0) is 18.6 Å². The van der Waals surface area contributed by atoms with Gasteiger partial charge in [-0.15, -0.1) is 0 Å². The van der Waals surface area contributed by atoms with Gasteiger partial charge in [0.2, 0.25) is 0 Å². The summed E-state index contributed by atoms with van der Waals surface area (Å²) in [7, 11) is 5.30. The zero-order chi connectivity index (χ0) is 10.1. The molecule has 0 aromatic heterocycles. The molecule has 0 amide bonds. The number of rotatable bonds is 5. The highest BCUT2D eigenvalue weighted by Gasteiger charge is 1.87. The molecule has 0 fully saturated rings. The summed E-state index contributed by atoms with van der Waals surface area (Å²) in [6, 6.07) is 0. The van der Waals surface area contributed by atoms with Gasteiger partial charge in [-0.2, -0.15) is 5.06 Å².